The fourth-order valence-corrected chi connectivity index (χ4v) is 5.93. The lowest BCUT2D eigenvalue weighted by molar-refractivity contribution is -0.224. The topological polar surface area (TPSA) is 61.8 Å². The van der Waals surface area contributed by atoms with Crippen molar-refractivity contribution >= 4 is 11.9 Å². The molecule has 2 atom stereocenters. The number of halogens is 3. The van der Waals surface area contributed by atoms with E-state index >= 15 is 0 Å². The lowest BCUT2D eigenvalue weighted by Gasteiger charge is -2.27. The molecule has 0 N–H and O–H groups in total. The normalized spacial score (nSPS) is 14.9. The Balaban J connectivity index is 1.24. The molecule has 0 aliphatic heterocycles. The van der Waals surface area contributed by atoms with Crippen molar-refractivity contribution in [1.29, 1.82) is 0 Å². The van der Waals surface area contributed by atoms with Crippen molar-refractivity contribution in [3.63, 3.8) is 0 Å². The van der Waals surface area contributed by atoms with Crippen LogP contribution in [0.4, 0.5) is 13.2 Å². The molecule has 48 heavy (non-hydrogen) atoms. The molecule has 0 amide bonds. The van der Waals surface area contributed by atoms with Gasteiger partial charge >= 0.3 is 18.1 Å². The average molecular weight is 665 g/mol. The van der Waals surface area contributed by atoms with Crippen molar-refractivity contribution in [3.8, 4) is 22.6 Å². The highest BCUT2D eigenvalue weighted by Crippen LogP contribution is 2.33. The molecule has 1 unspecified atom stereocenters. The Morgan fingerprint density at radius 3 is 2.12 bits per heavy atom. The van der Waals surface area contributed by atoms with Crippen LogP contribution in [0.1, 0.15) is 99.0 Å². The molecule has 0 saturated heterocycles. The maximum atomic E-state index is 13.3. The smallest absolute Gasteiger partial charge is 0.425 e. The lowest BCUT2D eigenvalue weighted by atomic mass is 9.84. The van der Waals surface area contributed by atoms with Crippen LogP contribution in [-0.2, 0) is 22.4 Å². The van der Waals surface area contributed by atoms with E-state index in [1.165, 1.54) is 51.0 Å². The van der Waals surface area contributed by atoms with Gasteiger partial charge in [0.1, 0.15) is 11.5 Å². The van der Waals surface area contributed by atoms with Gasteiger partial charge in [-0.2, -0.15) is 13.2 Å². The third kappa shape index (κ3) is 11.3. The van der Waals surface area contributed by atoms with Crippen LogP contribution >= 0.6 is 0 Å². The Hall–Kier alpha value is -4.07. The van der Waals surface area contributed by atoms with E-state index in [1.54, 1.807) is 30.3 Å². The molecule has 1 aliphatic rings. The Kier molecular flexibility index (Phi) is 14.1. The molecular weight excluding hydrogens is 617 g/mol. The summed E-state index contributed by atoms with van der Waals surface area (Å²) >= 11 is 0. The number of ether oxygens (including phenoxy) is 3. The zero-order chi connectivity index (χ0) is 34.4. The molecule has 0 bridgehead atoms. The molecule has 0 spiro atoms. The quantitative estimate of drug-likeness (QED) is 0.0586. The van der Waals surface area contributed by atoms with Gasteiger partial charge in [0.2, 0.25) is 0 Å². The summed E-state index contributed by atoms with van der Waals surface area (Å²) in [7, 11) is 0. The van der Waals surface area contributed by atoms with Gasteiger partial charge in [-0.05, 0) is 97.2 Å². The second-order valence-corrected chi connectivity index (χ2v) is 12.5. The molecule has 8 heteroatoms. The van der Waals surface area contributed by atoms with E-state index in [0.29, 0.717) is 30.8 Å². The maximum Gasteiger partial charge on any atom is 0.425 e. The number of allylic oxidation sites excluding steroid dienone is 1. The first-order valence-corrected chi connectivity index (χ1v) is 17.2. The number of rotatable bonds is 18. The largest absolute Gasteiger partial charge is 0.494 e. The Morgan fingerprint density at radius 1 is 0.854 bits per heavy atom. The van der Waals surface area contributed by atoms with Gasteiger partial charge in [0.25, 0.3) is 0 Å². The summed E-state index contributed by atoms with van der Waals surface area (Å²) in [6.45, 7) is 6.40. The third-order valence-corrected chi connectivity index (χ3v) is 8.78. The SMILES string of the molecule is C=CCC[C@@H](OC(=O)C1CCc2cc(OC(=O)c3ccc(-c4ccc(OCCCCCCCCCC)cc4)cc3)ccc2C1)C(F)(F)F. The summed E-state index contributed by atoms with van der Waals surface area (Å²) in [5, 5.41) is 0. The van der Waals surface area contributed by atoms with E-state index in [-0.39, 0.29) is 19.3 Å². The van der Waals surface area contributed by atoms with Crippen molar-refractivity contribution in [2.75, 3.05) is 6.61 Å². The highest BCUT2D eigenvalue weighted by Gasteiger charge is 2.43. The molecule has 0 fully saturated rings. The number of carbonyl (C=O) groups excluding carboxylic acids is 2. The highest BCUT2D eigenvalue weighted by molar-refractivity contribution is 5.91. The number of benzene rings is 3. The molecule has 1 aliphatic carbocycles. The molecule has 5 nitrogen and oxygen atoms in total. The van der Waals surface area contributed by atoms with Gasteiger partial charge in [0.05, 0.1) is 18.1 Å². The second kappa shape index (κ2) is 18.5. The molecular formula is C40H47F3O5. The van der Waals surface area contributed by atoms with Crippen molar-refractivity contribution < 1.29 is 37.0 Å². The summed E-state index contributed by atoms with van der Waals surface area (Å²) in [5.74, 6) is -0.795. The summed E-state index contributed by atoms with van der Waals surface area (Å²) in [4.78, 5) is 25.5. The number of esters is 2. The zero-order valence-electron chi connectivity index (χ0n) is 27.9. The lowest BCUT2D eigenvalue weighted by Crippen LogP contribution is -2.37. The van der Waals surface area contributed by atoms with Crippen LogP contribution in [0, 0.1) is 5.92 Å². The molecule has 0 radical (unpaired) electrons. The first kappa shape index (κ1) is 36.8. The van der Waals surface area contributed by atoms with E-state index in [1.807, 2.05) is 36.4 Å². The van der Waals surface area contributed by atoms with E-state index in [2.05, 4.69) is 13.5 Å². The minimum absolute atomic E-state index is 0.0970. The van der Waals surface area contributed by atoms with Crippen LogP contribution in [0.2, 0.25) is 0 Å². The summed E-state index contributed by atoms with van der Waals surface area (Å²) in [6, 6.07) is 20.3. The molecule has 3 aromatic rings. The Labute approximate surface area is 282 Å². The van der Waals surface area contributed by atoms with Crippen molar-refractivity contribution in [2.45, 2.75) is 103 Å². The van der Waals surface area contributed by atoms with Crippen molar-refractivity contribution in [2.24, 2.45) is 5.92 Å². The minimum Gasteiger partial charge on any atom is -0.494 e. The standard InChI is InChI=1S/C40H47F3O5/c1-3-5-7-8-9-10-11-12-26-46-35-23-20-30(21-24-35)29-14-16-31(17-15-29)38(44)47-36-25-22-32-27-34(19-18-33(32)28-36)39(45)48-37(13-6-4-2)40(41,42)43/h4,14-17,20-25,28,34,37H,2-3,5-13,18-19,26-27H2,1H3/t34?,37-/m1/s1. The van der Waals surface area contributed by atoms with Crippen LogP contribution in [-0.4, -0.2) is 30.8 Å². The van der Waals surface area contributed by atoms with Crippen LogP contribution in [0.25, 0.3) is 11.1 Å². The van der Waals surface area contributed by atoms with Crippen molar-refractivity contribution in [3.05, 3.63) is 96.1 Å². The number of carbonyl (C=O) groups is 2. The van der Waals surface area contributed by atoms with Crippen LogP contribution in [0.3, 0.4) is 0 Å². The average Bonchev–Trinajstić information content (AvgIpc) is 3.09. The predicted molar refractivity (Wildman–Crippen MR) is 182 cm³/mol. The number of alkyl halides is 3. The first-order chi connectivity index (χ1) is 23.2. The van der Waals surface area contributed by atoms with E-state index < -0.39 is 30.1 Å². The first-order valence-electron chi connectivity index (χ1n) is 17.2. The summed E-state index contributed by atoms with van der Waals surface area (Å²) in [6.07, 6.45) is 5.53. The molecule has 3 aromatic carbocycles. The van der Waals surface area contributed by atoms with Crippen LogP contribution in [0.5, 0.6) is 11.5 Å². The minimum atomic E-state index is -4.63. The molecule has 258 valence electrons. The van der Waals surface area contributed by atoms with Gasteiger partial charge in [-0.1, -0.05) is 88.3 Å². The number of hydrogen-bond donors (Lipinski definition) is 0. The van der Waals surface area contributed by atoms with Gasteiger partial charge in [-0.3, -0.25) is 4.79 Å². The summed E-state index contributed by atoms with van der Waals surface area (Å²) in [5.41, 5.74) is 4.10. The number of aryl methyl sites for hydroxylation is 1. The van der Waals surface area contributed by atoms with Gasteiger partial charge in [0, 0.05) is 0 Å². The number of unbranched alkanes of at least 4 members (excludes halogenated alkanes) is 7. The van der Waals surface area contributed by atoms with Gasteiger partial charge in [-0.15, -0.1) is 6.58 Å². The fraction of sp³-hybridized carbons (Fsp3) is 0.450. The summed E-state index contributed by atoms with van der Waals surface area (Å²) < 4.78 is 56.4. The van der Waals surface area contributed by atoms with Crippen LogP contribution < -0.4 is 9.47 Å². The monoisotopic (exact) mass is 664 g/mol. The predicted octanol–water partition coefficient (Wildman–Crippen LogP) is 10.6. The second-order valence-electron chi connectivity index (χ2n) is 12.5. The van der Waals surface area contributed by atoms with E-state index in [9.17, 15) is 22.8 Å². The van der Waals surface area contributed by atoms with Gasteiger partial charge in [0.15, 0.2) is 6.10 Å². The fourth-order valence-electron chi connectivity index (χ4n) is 5.93. The molecule has 0 aromatic heterocycles. The molecule has 0 saturated carbocycles. The van der Waals surface area contributed by atoms with Gasteiger partial charge < -0.3 is 14.2 Å². The van der Waals surface area contributed by atoms with E-state index in [0.717, 1.165) is 34.4 Å². The highest BCUT2D eigenvalue weighted by atomic mass is 19.4. The molecule has 0 heterocycles. The zero-order valence-corrected chi connectivity index (χ0v) is 27.9. The van der Waals surface area contributed by atoms with Crippen molar-refractivity contribution in [1.82, 2.24) is 0 Å². The van der Waals surface area contributed by atoms with Gasteiger partial charge in [-0.25, -0.2) is 4.79 Å². The Morgan fingerprint density at radius 2 is 1.48 bits per heavy atom. The third-order valence-electron chi connectivity index (χ3n) is 8.78. The van der Waals surface area contributed by atoms with Crippen LogP contribution in [0.15, 0.2) is 79.4 Å². The number of fused-ring (bicyclic) bond motifs is 1. The number of hydrogen-bond acceptors (Lipinski definition) is 5. The van der Waals surface area contributed by atoms with E-state index in [4.69, 9.17) is 14.2 Å². The Bertz CT molecular complexity index is 1460. The molecule has 4 rings (SSSR count). The maximum absolute atomic E-state index is 13.3.